The van der Waals surface area contributed by atoms with Gasteiger partial charge in [-0.3, -0.25) is 4.90 Å². The second kappa shape index (κ2) is 11.1. The Hall–Kier alpha value is -2.08. The molecule has 1 atom stereocenters. The summed E-state index contributed by atoms with van der Waals surface area (Å²) in [6.07, 6.45) is 1.75. The Morgan fingerprint density at radius 2 is 1.57 bits per heavy atom. The van der Waals surface area contributed by atoms with Crippen LogP contribution >= 0.6 is 0 Å². The van der Waals surface area contributed by atoms with Crippen LogP contribution in [0.1, 0.15) is 12.0 Å². The van der Waals surface area contributed by atoms with Crippen molar-refractivity contribution in [2.45, 2.75) is 18.9 Å². The van der Waals surface area contributed by atoms with E-state index in [1.807, 2.05) is 24.3 Å². The molecule has 1 aliphatic heterocycles. The fourth-order valence-electron chi connectivity index (χ4n) is 3.58. The molecule has 0 amide bonds. The number of rotatable bonds is 9. The summed E-state index contributed by atoms with van der Waals surface area (Å²) in [6, 6.07) is 18.1. The van der Waals surface area contributed by atoms with E-state index in [4.69, 9.17) is 9.47 Å². The van der Waals surface area contributed by atoms with Crippen molar-refractivity contribution in [2.24, 2.45) is 0 Å². The molecule has 1 fully saturated rings. The highest BCUT2D eigenvalue weighted by atomic mass is 16.5. The Morgan fingerprint density at radius 3 is 2.32 bits per heavy atom. The van der Waals surface area contributed by atoms with Gasteiger partial charge in [-0.15, -0.1) is 0 Å². The number of hydrogen-bond donors (Lipinski definition) is 1. The second-order valence-corrected chi connectivity index (χ2v) is 7.37. The van der Waals surface area contributed by atoms with Gasteiger partial charge in [0.25, 0.3) is 0 Å². The monoisotopic (exact) mass is 384 g/mol. The quantitative estimate of drug-likeness (QED) is 0.720. The summed E-state index contributed by atoms with van der Waals surface area (Å²) in [7, 11) is 1.64. The molecule has 0 spiro atoms. The molecule has 0 bridgehead atoms. The normalized spacial score (nSPS) is 17.1. The zero-order valence-corrected chi connectivity index (χ0v) is 16.8. The van der Waals surface area contributed by atoms with Crippen LogP contribution < -0.4 is 9.47 Å². The molecule has 0 aliphatic carbocycles. The number of β-amino-alcohol motifs (C(OH)–C–C–N with tert-alkyl or cyclic N) is 1. The lowest BCUT2D eigenvalue weighted by Crippen LogP contribution is -2.38. The molecule has 0 radical (unpaired) electrons. The predicted octanol–water partition coefficient (Wildman–Crippen LogP) is 2.69. The molecule has 28 heavy (non-hydrogen) atoms. The zero-order valence-electron chi connectivity index (χ0n) is 16.8. The van der Waals surface area contributed by atoms with E-state index < -0.39 is 6.10 Å². The van der Waals surface area contributed by atoms with Gasteiger partial charge in [0.1, 0.15) is 24.2 Å². The lowest BCUT2D eigenvalue weighted by Gasteiger charge is -2.24. The maximum absolute atomic E-state index is 10.4. The molecule has 0 saturated carbocycles. The van der Waals surface area contributed by atoms with Gasteiger partial charge in [-0.1, -0.05) is 30.3 Å². The van der Waals surface area contributed by atoms with E-state index in [0.717, 1.165) is 57.1 Å². The fourth-order valence-corrected chi connectivity index (χ4v) is 3.58. The molecule has 5 heteroatoms. The van der Waals surface area contributed by atoms with Crippen LogP contribution in [0.5, 0.6) is 11.5 Å². The van der Waals surface area contributed by atoms with Gasteiger partial charge in [0, 0.05) is 26.2 Å². The molecule has 1 aliphatic rings. The molecule has 1 heterocycles. The molecule has 1 N–H and O–H groups in total. The third-order valence-electron chi connectivity index (χ3n) is 5.21. The number of aliphatic hydroxyl groups excluding tert-OH is 1. The zero-order chi connectivity index (χ0) is 19.6. The maximum atomic E-state index is 10.4. The smallest absolute Gasteiger partial charge is 0.119 e. The number of aliphatic hydroxyl groups is 1. The van der Waals surface area contributed by atoms with Crippen molar-refractivity contribution in [2.75, 3.05) is 53.0 Å². The van der Waals surface area contributed by atoms with Gasteiger partial charge < -0.3 is 19.5 Å². The Morgan fingerprint density at radius 1 is 0.893 bits per heavy atom. The number of hydrogen-bond acceptors (Lipinski definition) is 5. The predicted molar refractivity (Wildman–Crippen MR) is 112 cm³/mol. The van der Waals surface area contributed by atoms with Gasteiger partial charge in [-0.2, -0.15) is 0 Å². The first-order chi connectivity index (χ1) is 13.7. The summed E-state index contributed by atoms with van der Waals surface area (Å²) < 4.78 is 10.8. The second-order valence-electron chi connectivity index (χ2n) is 7.37. The molecule has 1 saturated heterocycles. The SMILES string of the molecule is COc1ccc(OCC(O)CN2CCCN(CCc3ccccc3)CC2)cc1. The van der Waals surface area contributed by atoms with E-state index in [-0.39, 0.29) is 0 Å². The Bertz CT molecular complexity index is 678. The minimum atomic E-state index is -0.488. The highest BCUT2D eigenvalue weighted by Crippen LogP contribution is 2.17. The van der Waals surface area contributed by atoms with Crippen LogP contribution in [-0.4, -0.2) is 74.0 Å². The van der Waals surface area contributed by atoms with Crippen LogP contribution in [0.15, 0.2) is 54.6 Å². The van der Waals surface area contributed by atoms with Crippen LogP contribution in [0.25, 0.3) is 0 Å². The average molecular weight is 385 g/mol. The number of benzene rings is 2. The van der Waals surface area contributed by atoms with E-state index in [0.29, 0.717) is 13.2 Å². The highest BCUT2D eigenvalue weighted by Gasteiger charge is 2.17. The highest BCUT2D eigenvalue weighted by molar-refractivity contribution is 5.31. The first kappa shape index (κ1) is 20.6. The first-order valence-electron chi connectivity index (χ1n) is 10.2. The van der Waals surface area contributed by atoms with Crippen molar-refractivity contribution in [1.82, 2.24) is 9.80 Å². The number of methoxy groups -OCH3 is 1. The summed E-state index contributed by atoms with van der Waals surface area (Å²) in [4.78, 5) is 4.89. The number of nitrogens with zero attached hydrogens (tertiary/aromatic N) is 2. The van der Waals surface area contributed by atoms with Gasteiger partial charge in [-0.05, 0) is 55.8 Å². The molecule has 2 aromatic rings. The summed E-state index contributed by atoms with van der Waals surface area (Å²) in [6.45, 7) is 6.26. The molecule has 1 unspecified atom stereocenters. The lowest BCUT2D eigenvalue weighted by molar-refractivity contribution is 0.0693. The van der Waals surface area contributed by atoms with Crippen LogP contribution in [0, 0.1) is 0 Å². The van der Waals surface area contributed by atoms with Gasteiger partial charge in [0.2, 0.25) is 0 Å². The van der Waals surface area contributed by atoms with E-state index in [1.54, 1.807) is 7.11 Å². The van der Waals surface area contributed by atoms with Crippen molar-refractivity contribution in [1.29, 1.82) is 0 Å². The standard InChI is InChI=1S/C23H32N2O3/c1-27-22-8-10-23(11-9-22)28-19-21(26)18-25-14-5-13-24(16-17-25)15-12-20-6-3-2-4-7-20/h2-4,6-11,21,26H,5,12-19H2,1H3. The summed E-state index contributed by atoms with van der Waals surface area (Å²) in [5.74, 6) is 1.55. The summed E-state index contributed by atoms with van der Waals surface area (Å²) in [5, 5.41) is 10.4. The molecular formula is C23H32N2O3. The molecule has 0 aromatic heterocycles. The lowest BCUT2D eigenvalue weighted by atomic mass is 10.1. The largest absolute Gasteiger partial charge is 0.497 e. The van der Waals surface area contributed by atoms with Crippen molar-refractivity contribution in [3.05, 3.63) is 60.2 Å². The summed E-state index contributed by atoms with van der Waals surface area (Å²) in [5.41, 5.74) is 1.40. The van der Waals surface area contributed by atoms with Crippen LogP contribution in [0.2, 0.25) is 0 Å². The minimum absolute atomic E-state index is 0.306. The topological polar surface area (TPSA) is 45.2 Å². The van der Waals surface area contributed by atoms with Crippen molar-refractivity contribution in [3.63, 3.8) is 0 Å². The fraction of sp³-hybridized carbons (Fsp3) is 0.478. The van der Waals surface area contributed by atoms with Crippen molar-refractivity contribution < 1.29 is 14.6 Å². The molecule has 2 aromatic carbocycles. The molecular weight excluding hydrogens is 352 g/mol. The van der Waals surface area contributed by atoms with E-state index in [2.05, 4.69) is 40.1 Å². The third-order valence-corrected chi connectivity index (χ3v) is 5.21. The molecule has 5 nitrogen and oxygen atoms in total. The average Bonchev–Trinajstić information content (AvgIpc) is 2.97. The maximum Gasteiger partial charge on any atom is 0.119 e. The van der Waals surface area contributed by atoms with Crippen LogP contribution in [-0.2, 0) is 6.42 Å². The van der Waals surface area contributed by atoms with Crippen LogP contribution in [0.4, 0.5) is 0 Å². The third kappa shape index (κ3) is 6.82. The van der Waals surface area contributed by atoms with E-state index in [1.165, 1.54) is 5.56 Å². The van der Waals surface area contributed by atoms with Crippen LogP contribution in [0.3, 0.4) is 0 Å². The number of ether oxygens (including phenoxy) is 2. The Balaban J connectivity index is 1.36. The van der Waals surface area contributed by atoms with Gasteiger partial charge >= 0.3 is 0 Å². The van der Waals surface area contributed by atoms with Crippen molar-refractivity contribution >= 4 is 0 Å². The Labute approximate surface area is 168 Å². The first-order valence-corrected chi connectivity index (χ1v) is 10.2. The van der Waals surface area contributed by atoms with Gasteiger partial charge in [0.05, 0.1) is 7.11 Å². The van der Waals surface area contributed by atoms with E-state index in [9.17, 15) is 5.11 Å². The van der Waals surface area contributed by atoms with Crippen molar-refractivity contribution in [3.8, 4) is 11.5 Å². The van der Waals surface area contributed by atoms with E-state index >= 15 is 0 Å². The summed E-state index contributed by atoms with van der Waals surface area (Å²) >= 11 is 0. The van der Waals surface area contributed by atoms with Gasteiger partial charge in [-0.25, -0.2) is 0 Å². The van der Waals surface area contributed by atoms with Gasteiger partial charge in [0.15, 0.2) is 0 Å². The Kier molecular flexibility index (Phi) is 8.15. The molecule has 3 rings (SSSR count). The minimum Gasteiger partial charge on any atom is -0.497 e. The molecule has 152 valence electrons.